The minimum Gasteiger partial charge on any atom is -0.494 e. The maximum Gasteiger partial charge on any atom is 0.262 e. The second-order valence-corrected chi connectivity index (χ2v) is 8.99. The van der Waals surface area contributed by atoms with Crippen LogP contribution in [0.25, 0.3) is 0 Å². The highest BCUT2D eigenvalue weighted by atomic mass is 16.5. The fourth-order valence-corrected chi connectivity index (χ4v) is 4.15. The summed E-state index contributed by atoms with van der Waals surface area (Å²) in [4.78, 5) is 39.6. The zero-order chi connectivity index (χ0) is 27.8. The maximum atomic E-state index is 12.9. The molecule has 39 heavy (non-hydrogen) atoms. The number of hydrogen-bond acceptors (Lipinski definition) is 7. The highest BCUT2D eigenvalue weighted by Gasteiger charge is 2.35. The lowest BCUT2D eigenvalue weighted by atomic mass is 10.1. The Kier molecular flexibility index (Phi) is 8.88. The molecule has 3 N–H and O–H groups in total. The van der Waals surface area contributed by atoms with Gasteiger partial charge in [0.25, 0.3) is 5.91 Å². The van der Waals surface area contributed by atoms with E-state index >= 15 is 0 Å². The number of hydrazine groups is 1. The zero-order valence-corrected chi connectivity index (χ0v) is 22.2. The van der Waals surface area contributed by atoms with Gasteiger partial charge in [0.1, 0.15) is 5.75 Å². The summed E-state index contributed by atoms with van der Waals surface area (Å²) in [5.41, 5.74) is 8.37. The summed E-state index contributed by atoms with van der Waals surface area (Å²) >= 11 is 0. The summed E-state index contributed by atoms with van der Waals surface area (Å²) in [6.45, 7) is 4.42. The second kappa shape index (κ2) is 12.7. The van der Waals surface area contributed by atoms with Crippen molar-refractivity contribution in [3.8, 4) is 17.2 Å². The van der Waals surface area contributed by atoms with Gasteiger partial charge in [0, 0.05) is 24.3 Å². The number of ether oxygens (including phenoxy) is 3. The second-order valence-electron chi connectivity index (χ2n) is 8.99. The molecule has 0 aliphatic carbocycles. The lowest BCUT2D eigenvalue weighted by Gasteiger charge is -2.18. The first kappa shape index (κ1) is 27.3. The number of carbonyl (C=O) groups excluding carboxylic acids is 3. The number of anilines is 3. The molecule has 0 aromatic heterocycles. The average molecular weight is 533 g/mol. The molecule has 1 heterocycles. The Bertz CT molecular complexity index is 1310. The van der Waals surface area contributed by atoms with Crippen molar-refractivity contribution < 1.29 is 28.6 Å². The van der Waals surface area contributed by atoms with Gasteiger partial charge in [0.2, 0.25) is 11.8 Å². The van der Waals surface area contributed by atoms with Gasteiger partial charge in [0.15, 0.2) is 18.1 Å². The number of methoxy groups -OCH3 is 1. The lowest BCUT2D eigenvalue weighted by Crippen LogP contribution is -2.36. The van der Waals surface area contributed by atoms with Gasteiger partial charge in [-0.15, -0.1) is 0 Å². The number of hydrogen-bond donors (Lipinski definition) is 3. The molecule has 10 nitrogen and oxygen atoms in total. The highest BCUT2D eigenvalue weighted by Crippen LogP contribution is 2.35. The molecule has 0 saturated carbocycles. The molecular weight excluding hydrogens is 500 g/mol. The van der Waals surface area contributed by atoms with Crippen molar-refractivity contribution in [2.75, 3.05) is 42.5 Å². The van der Waals surface area contributed by atoms with Crippen LogP contribution in [-0.2, 0) is 14.4 Å². The van der Waals surface area contributed by atoms with Crippen molar-refractivity contribution in [1.29, 1.82) is 0 Å². The number of aryl methyl sites for hydroxylation is 1. The van der Waals surface area contributed by atoms with Crippen LogP contribution in [0.1, 0.15) is 18.9 Å². The first-order chi connectivity index (χ1) is 18.9. The zero-order valence-electron chi connectivity index (χ0n) is 22.2. The summed E-state index contributed by atoms with van der Waals surface area (Å²) < 4.78 is 16.6. The fraction of sp³-hybridized carbons (Fsp3) is 0.276. The molecule has 0 unspecified atom stereocenters. The molecule has 3 aromatic carbocycles. The summed E-state index contributed by atoms with van der Waals surface area (Å²) in [5.74, 6) is 0.00352. The molecule has 4 rings (SSSR count). The topological polar surface area (TPSA) is 118 Å². The van der Waals surface area contributed by atoms with Gasteiger partial charge in [-0.05, 0) is 62.4 Å². The largest absolute Gasteiger partial charge is 0.494 e. The third kappa shape index (κ3) is 6.98. The van der Waals surface area contributed by atoms with Crippen LogP contribution in [-0.4, -0.2) is 44.6 Å². The van der Waals surface area contributed by atoms with E-state index in [2.05, 4.69) is 16.2 Å². The normalized spacial score (nSPS) is 14.5. The quantitative estimate of drug-likeness (QED) is 0.321. The van der Waals surface area contributed by atoms with Crippen LogP contribution >= 0.6 is 0 Å². The van der Waals surface area contributed by atoms with Crippen LogP contribution in [0.4, 0.5) is 17.1 Å². The smallest absolute Gasteiger partial charge is 0.262 e. The van der Waals surface area contributed by atoms with Crippen molar-refractivity contribution in [1.82, 2.24) is 5.43 Å². The molecule has 3 amide bonds. The van der Waals surface area contributed by atoms with E-state index in [4.69, 9.17) is 14.2 Å². The minimum absolute atomic E-state index is 0.106. The van der Waals surface area contributed by atoms with Crippen LogP contribution in [0.2, 0.25) is 0 Å². The SMILES string of the molecule is CCOc1ccc(NC(=O)COc2c(NNC(=O)[C@H]3CC(=O)N(c4ccc(C)cc4)C3)cccc2OC)cc1. The average Bonchev–Trinajstić information content (AvgIpc) is 3.33. The Labute approximate surface area is 227 Å². The monoisotopic (exact) mass is 532 g/mol. The number of para-hydroxylation sites is 1. The fourth-order valence-electron chi connectivity index (χ4n) is 4.15. The van der Waals surface area contributed by atoms with Gasteiger partial charge in [-0.25, -0.2) is 0 Å². The molecule has 0 radical (unpaired) electrons. The van der Waals surface area contributed by atoms with E-state index in [0.717, 1.165) is 11.3 Å². The van der Waals surface area contributed by atoms with E-state index in [1.54, 1.807) is 47.4 Å². The maximum absolute atomic E-state index is 12.9. The van der Waals surface area contributed by atoms with Gasteiger partial charge >= 0.3 is 0 Å². The molecule has 1 aliphatic rings. The van der Waals surface area contributed by atoms with Crippen LogP contribution < -0.4 is 35.3 Å². The molecule has 204 valence electrons. The van der Waals surface area contributed by atoms with Gasteiger partial charge in [-0.3, -0.25) is 25.2 Å². The van der Waals surface area contributed by atoms with Gasteiger partial charge in [-0.2, -0.15) is 0 Å². The predicted molar refractivity (Wildman–Crippen MR) is 148 cm³/mol. The summed E-state index contributed by atoms with van der Waals surface area (Å²) in [6, 6.07) is 19.7. The first-order valence-corrected chi connectivity index (χ1v) is 12.6. The Morgan fingerprint density at radius 1 is 1.00 bits per heavy atom. The van der Waals surface area contributed by atoms with E-state index < -0.39 is 5.92 Å². The first-order valence-electron chi connectivity index (χ1n) is 12.6. The molecule has 3 aromatic rings. The Morgan fingerprint density at radius 3 is 2.44 bits per heavy atom. The Hall–Kier alpha value is -4.73. The van der Waals surface area contributed by atoms with Gasteiger partial charge in [0.05, 0.1) is 25.3 Å². The number of amides is 3. The van der Waals surface area contributed by atoms with Gasteiger partial charge < -0.3 is 24.4 Å². The third-order valence-corrected chi connectivity index (χ3v) is 6.16. The van der Waals surface area contributed by atoms with E-state index in [1.165, 1.54) is 7.11 Å². The van der Waals surface area contributed by atoms with Crippen molar-refractivity contribution in [3.05, 3.63) is 72.3 Å². The molecule has 1 saturated heterocycles. The molecule has 0 bridgehead atoms. The van der Waals surface area contributed by atoms with E-state index in [9.17, 15) is 14.4 Å². The van der Waals surface area contributed by atoms with Crippen LogP contribution in [0.5, 0.6) is 17.2 Å². The molecule has 10 heteroatoms. The lowest BCUT2D eigenvalue weighted by molar-refractivity contribution is -0.125. The minimum atomic E-state index is -0.527. The van der Waals surface area contributed by atoms with Crippen LogP contribution in [0.15, 0.2) is 66.7 Å². The van der Waals surface area contributed by atoms with Crippen molar-refractivity contribution in [3.63, 3.8) is 0 Å². The third-order valence-electron chi connectivity index (χ3n) is 6.16. The van der Waals surface area contributed by atoms with E-state index in [0.29, 0.717) is 29.5 Å². The van der Waals surface area contributed by atoms with Crippen molar-refractivity contribution >= 4 is 34.8 Å². The molecule has 1 fully saturated rings. The Balaban J connectivity index is 1.35. The number of nitrogens with zero attached hydrogens (tertiary/aromatic N) is 1. The Morgan fingerprint density at radius 2 is 1.74 bits per heavy atom. The number of rotatable bonds is 11. The van der Waals surface area contributed by atoms with Crippen molar-refractivity contribution in [2.45, 2.75) is 20.3 Å². The number of carbonyl (C=O) groups is 3. The standard InChI is InChI=1S/C29H32N4O6/c1-4-38-23-14-10-21(11-15-23)30-26(34)18-39-28-24(6-5-7-25(28)37-3)31-32-29(36)20-16-27(35)33(17-20)22-12-8-19(2)9-13-22/h5-15,20,31H,4,16-18H2,1-3H3,(H,30,34)(H,32,36)/t20-/m0/s1. The van der Waals surface area contributed by atoms with Crippen LogP contribution in [0, 0.1) is 12.8 Å². The highest BCUT2D eigenvalue weighted by molar-refractivity contribution is 6.00. The van der Waals surface area contributed by atoms with Crippen molar-refractivity contribution in [2.24, 2.45) is 5.92 Å². The van der Waals surface area contributed by atoms with Crippen LogP contribution in [0.3, 0.4) is 0 Å². The van der Waals surface area contributed by atoms with Gasteiger partial charge in [-0.1, -0.05) is 23.8 Å². The molecular formula is C29H32N4O6. The molecule has 1 aliphatic heterocycles. The summed E-state index contributed by atoms with van der Waals surface area (Å²) in [7, 11) is 1.48. The predicted octanol–water partition coefficient (Wildman–Crippen LogP) is 3.92. The number of benzene rings is 3. The van der Waals surface area contributed by atoms with E-state index in [-0.39, 0.29) is 43.0 Å². The summed E-state index contributed by atoms with van der Waals surface area (Å²) in [6.07, 6.45) is 0.106. The molecule has 0 spiro atoms. The molecule has 1 atom stereocenters. The van der Waals surface area contributed by atoms with E-state index in [1.807, 2.05) is 38.1 Å². The number of nitrogens with one attached hydrogen (secondary N) is 3. The summed E-state index contributed by atoms with van der Waals surface area (Å²) in [5, 5.41) is 2.76.